The standard InChI is InChI=1S/C16H16N4O/c1-17-12-4-2-11(3-5-12)15-10-16(20-19-15)18-13-6-8-14(21)9-7-13/h2-10,17,21H,1H3,(H2,18,19,20). The predicted molar refractivity (Wildman–Crippen MR) is 85.0 cm³/mol. The van der Waals surface area contributed by atoms with E-state index in [1.54, 1.807) is 24.3 Å². The summed E-state index contributed by atoms with van der Waals surface area (Å²) in [4.78, 5) is 0. The molecule has 0 fully saturated rings. The number of phenols is 1. The molecule has 1 heterocycles. The van der Waals surface area contributed by atoms with E-state index in [1.807, 2.05) is 37.4 Å². The molecule has 5 nitrogen and oxygen atoms in total. The molecule has 106 valence electrons. The van der Waals surface area contributed by atoms with E-state index < -0.39 is 0 Å². The average molecular weight is 280 g/mol. The zero-order valence-electron chi connectivity index (χ0n) is 11.6. The van der Waals surface area contributed by atoms with Gasteiger partial charge in [-0.3, -0.25) is 5.10 Å². The highest BCUT2D eigenvalue weighted by atomic mass is 16.3. The van der Waals surface area contributed by atoms with E-state index in [9.17, 15) is 5.11 Å². The number of H-pyrrole nitrogens is 1. The van der Waals surface area contributed by atoms with Crippen LogP contribution >= 0.6 is 0 Å². The zero-order valence-corrected chi connectivity index (χ0v) is 11.6. The lowest BCUT2D eigenvalue weighted by molar-refractivity contribution is 0.475. The number of anilines is 3. The SMILES string of the molecule is CNc1ccc(-c2cc(Nc3ccc(O)cc3)n[nH]2)cc1. The maximum absolute atomic E-state index is 9.26. The minimum Gasteiger partial charge on any atom is -0.508 e. The van der Waals surface area contributed by atoms with Gasteiger partial charge in [0.1, 0.15) is 5.75 Å². The Balaban J connectivity index is 1.77. The fraction of sp³-hybridized carbons (Fsp3) is 0.0625. The van der Waals surface area contributed by atoms with Crippen molar-refractivity contribution in [3.63, 3.8) is 0 Å². The number of aromatic nitrogens is 2. The minimum absolute atomic E-state index is 0.243. The van der Waals surface area contributed by atoms with E-state index in [0.717, 1.165) is 28.5 Å². The van der Waals surface area contributed by atoms with Crippen molar-refractivity contribution in [2.24, 2.45) is 0 Å². The van der Waals surface area contributed by atoms with Gasteiger partial charge in [-0.15, -0.1) is 0 Å². The Hall–Kier alpha value is -2.95. The third-order valence-corrected chi connectivity index (χ3v) is 3.20. The monoisotopic (exact) mass is 280 g/mol. The molecular formula is C16H16N4O. The van der Waals surface area contributed by atoms with Crippen molar-refractivity contribution in [1.82, 2.24) is 10.2 Å². The van der Waals surface area contributed by atoms with Crippen LogP contribution in [0.3, 0.4) is 0 Å². The highest BCUT2D eigenvalue weighted by molar-refractivity contribution is 5.67. The Kier molecular flexibility index (Phi) is 3.47. The van der Waals surface area contributed by atoms with Crippen LogP contribution in [0.25, 0.3) is 11.3 Å². The van der Waals surface area contributed by atoms with Gasteiger partial charge in [0.05, 0.1) is 5.69 Å². The second-order valence-corrected chi connectivity index (χ2v) is 4.67. The van der Waals surface area contributed by atoms with Crippen molar-refractivity contribution in [2.45, 2.75) is 0 Å². The first-order chi connectivity index (χ1) is 10.2. The fourth-order valence-corrected chi connectivity index (χ4v) is 2.04. The van der Waals surface area contributed by atoms with Gasteiger partial charge in [0.2, 0.25) is 0 Å². The summed E-state index contributed by atoms with van der Waals surface area (Å²) in [6.07, 6.45) is 0. The van der Waals surface area contributed by atoms with Gasteiger partial charge in [-0.25, -0.2) is 0 Å². The van der Waals surface area contributed by atoms with Crippen molar-refractivity contribution >= 4 is 17.2 Å². The van der Waals surface area contributed by atoms with E-state index in [1.165, 1.54) is 0 Å². The molecule has 0 bridgehead atoms. The van der Waals surface area contributed by atoms with Crippen LogP contribution in [0, 0.1) is 0 Å². The van der Waals surface area contributed by atoms with Gasteiger partial charge in [0, 0.05) is 24.5 Å². The van der Waals surface area contributed by atoms with E-state index in [2.05, 4.69) is 20.8 Å². The summed E-state index contributed by atoms with van der Waals surface area (Å²) in [6.45, 7) is 0. The molecule has 2 aromatic carbocycles. The van der Waals surface area contributed by atoms with E-state index >= 15 is 0 Å². The van der Waals surface area contributed by atoms with Crippen LogP contribution in [0.15, 0.2) is 54.6 Å². The smallest absolute Gasteiger partial charge is 0.152 e. The summed E-state index contributed by atoms with van der Waals surface area (Å²) in [7, 11) is 1.89. The van der Waals surface area contributed by atoms with Crippen molar-refractivity contribution in [2.75, 3.05) is 17.7 Å². The third kappa shape index (κ3) is 2.97. The number of nitrogens with zero attached hydrogens (tertiary/aromatic N) is 1. The van der Waals surface area contributed by atoms with Crippen LogP contribution in [-0.2, 0) is 0 Å². The maximum Gasteiger partial charge on any atom is 0.152 e. The Labute approximate surface area is 122 Å². The van der Waals surface area contributed by atoms with Crippen molar-refractivity contribution in [1.29, 1.82) is 0 Å². The molecule has 21 heavy (non-hydrogen) atoms. The van der Waals surface area contributed by atoms with Crippen LogP contribution < -0.4 is 10.6 Å². The van der Waals surface area contributed by atoms with Gasteiger partial charge in [0.25, 0.3) is 0 Å². The molecule has 4 N–H and O–H groups in total. The Morgan fingerprint density at radius 2 is 1.62 bits per heavy atom. The number of hydrogen-bond donors (Lipinski definition) is 4. The summed E-state index contributed by atoms with van der Waals surface area (Å²) in [6, 6.07) is 16.9. The van der Waals surface area contributed by atoms with Crippen LogP contribution in [0.5, 0.6) is 5.75 Å². The van der Waals surface area contributed by atoms with Crippen molar-refractivity contribution in [3.8, 4) is 17.0 Å². The number of benzene rings is 2. The first-order valence-electron chi connectivity index (χ1n) is 6.64. The summed E-state index contributed by atoms with van der Waals surface area (Å²) in [5.41, 5.74) is 3.95. The second-order valence-electron chi connectivity index (χ2n) is 4.67. The predicted octanol–water partition coefficient (Wildman–Crippen LogP) is 3.57. The van der Waals surface area contributed by atoms with Crippen molar-refractivity contribution in [3.05, 3.63) is 54.6 Å². The zero-order chi connectivity index (χ0) is 14.7. The molecule has 0 radical (unpaired) electrons. The van der Waals surface area contributed by atoms with E-state index in [-0.39, 0.29) is 5.75 Å². The molecule has 0 saturated carbocycles. The summed E-state index contributed by atoms with van der Waals surface area (Å²) < 4.78 is 0. The van der Waals surface area contributed by atoms with Crippen molar-refractivity contribution < 1.29 is 5.11 Å². The van der Waals surface area contributed by atoms with Crippen LogP contribution in [0.2, 0.25) is 0 Å². The Morgan fingerprint density at radius 3 is 2.29 bits per heavy atom. The number of nitrogens with one attached hydrogen (secondary N) is 3. The molecule has 0 aliphatic rings. The topological polar surface area (TPSA) is 73.0 Å². The molecule has 0 amide bonds. The molecule has 3 rings (SSSR count). The molecule has 5 heteroatoms. The fourth-order valence-electron chi connectivity index (χ4n) is 2.04. The highest BCUT2D eigenvalue weighted by Gasteiger charge is 2.04. The second kappa shape index (κ2) is 5.58. The van der Waals surface area contributed by atoms with Gasteiger partial charge in [-0.1, -0.05) is 12.1 Å². The summed E-state index contributed by atoms with van der Waals surface area (Å²) in [5.74, 6) is 0.973. The van der Waals surface area contributed by atoms with Crippen LogP contribution in [0.4, 0.5) is 17.2 Å². The molecule has 1 aromatic heterocycles. The molecule has 0 spiro atoms. The van der Waals surface area contributed by atoms with Crippen LogP contribution in [-0.4, -0.2) is 22.4 Å². The molecule has 0 saturated heterocycles. The van der Waals surface area contributed by atoms with E-state index in [4.69, 9.17) is 0 Å². The summed E-state index contributed by atoms with van der Waals surface area (Å²) >= 11 is 0. The molecule has 0 aliphatic carbocycles. The summed E-state index contributed by atoms with van der Waals surface area (Å²) in [5, 5.41) is 22.8. The van der Waals surface area contributed by atoms with Gasteiger partial charge in [-0.05, 0) is 42.0 Å². The Bertz CT molecular complexity index is 717. The van der Waals surface area contributed by atoms with Gasteiger partial charge < -0.3 is 15.7 Å². The average Bonchev–Trinajstić information content (AvgIpc) is 2.98. The number of aromatic hydroxyl groups is 1. The van der Waals surface area contributed by atoms with Crippen LogP contribution in [0.1, 0.15) is 0 Å². The largest absolute Gasteiger partial charge is 0.508 e. The molecule has 3 aromatic rings. The lowest BCUT2D eigenvalue weighted by Gasteiger charge is -2.02. The molecule has 0 aliphatic heterocycles. The van der Waals surface area contributed by atoms with Gasteiger partial charge in [0.15, 0.2) is 5.82 Å². The number of rotatable bonds is 4. The molecule has 0 atom stereocenters. The third-order valence-electron chi connectivity index (χ3n) is 3.20. The lowest BCUT2D eigenvalue weighted by Crippen LogP contribution is -1.89. The molecular weight excluding hydrogens is 264 g/mol. The number of aromatic amines is 1. The highest BCUT2D eigenvalue weighted by Crippen LogP contribution is 2.24. The van der Waals surface area contributed by atoms with E-state index in [0.29, 0.717) is 0 Å². The normalized spacial score (nSPS) is 10.3. The number of hydrogen-bond acceptors (Lipinski definition) is 4. The lowest BCUT2D eigenvalue weighted by atomic mass is 10.1. The number of phenolic OH excluding ortho intramolecular Hbond substituents is 1. The minimum atomic E-state index is 0.243. The van der Waals surface area contributed by atoms with Gasteiger partial charge in [-0.2, -0.15) is 5.10 Å². The first kappa shape index (κ1) is 13.1. The maximum atomic E-state index is 9.26. The Morgan fingerprint density at radius 1 is 0.952 bits per heavy atom. The molecule has 0 unspecified atom stereocenters. The van der Waals surface area contributed by atoms with Gasteiger partial charge >= 0.3 is 0 Å². The first-order valence-corrected chi connectivity index (χ1v) is 6.64. The quantitative estimate of drug-likeness (QED) is 0.551.